The maximum absolute atomic E-state index is 13.4. The van der Waals surface area contributed by atoms with E-state index in [9.17, 15) is 4.79 Å². The van der Waals surface area contributed by atoms with Crippen molar-refractivity contribution in [2.24, 2.45) is 0 Å². The lowest BCUT2D eigenvalue weighted by atomic mass is 9.96. The largest absolute Gasteiger partial charge is 0.490 e. The Morgan fingerprint density at radius 3 is 1.94 bits per heavy atom. The van der Waals surface area contributed by atoms with Crippen LogP contribution in [0.4, 0.5) is 0 Å². The van der Waals surface area contributed by atoms with Gasteiger partial charge in [-0.1, -0.05) is 76.6 Å². The maximum atomic E-state index is 13.4. The number of hydrogen-bond acceptors (Lipinski definition) is 3. The zero-order valence-corrected chi connectivity index (χ0v) is 20.2. The molecule has 1 aliphatic heterocycles. The molecule has 3 aromatic carbocycles. The molecule has 0 saturated carbocycles. The Hall–Kier alpha value is -2.63. The summed E-state index contributed by atoms with van der Waals surface area (Å²) in [7, 11) is 0. The van der Waals surface area contributed by atoms with Gasteiger partial charge in [0.2, 0.25) is 0 Å². The molecule has 0 aromatic heterocycles. The molecule has 1 amide bonds. The highest BCUT2D eigenvalue weighted by atomic mass is 79.9. The molecule has 0 atom stereocenters. The van der Waals surface area contributed by atoms with E-state index in [-0.39, 0.29) is 18.1 Å². The average Bonchev–Trinajstić information content (AvgIpc) is 2.81. The molecular weight excluding hydrogens is 464 g/mol. The van der Waals surface area contributed by atoms with E-state index >= 15 is 0 Å². The van der Waals surface area contributed by atoms with Crippen LogP contribution in [0.2, 0.25) is 0 Å². The number of nitrogens with zero attached hydrogens (tertiary/aromatic N) is 2. The molecule has 4 nitrogen and oxygen atoms in total. The van der Waals surface area contributed by atoms with Gasteiger partial charge in [-0.3, -0.25) is 9.69 Å². The fraction of sp³-hybridized carbons (Fsp3) is 0.296. The fourth-order valence-corrected chi connectivity index (χ4v) is 4.63. The van der Waals surface area contributed by atoms with Gasteiger partial charge >= 0.3 is 0 Å². The molecule has 1 fully saturated rings. The Morgan fingerprint density at radius 2 is 1.41 bits per heavy atom. The van der Waals surface area contributed by atoms with Crippen LogP contribution in [0.25, 0.3) is 0 Å². The van der Waals surface area contributed by atoms with E-state index in [1.165, 1.54) is 11.1 Å². The summed E-state index contributed by atoms with van der Waals surface area (Å²) in [6.07, 6.45) is 0.0112. The molecule has 0 spiro atoms. The van der Waals surface area contributed by atoms with Crippen molar-refractivity contribution in [3.63, 3.8) is 0 Å². The van der Waals surface area contributed by atoms with E-state index in [0.717, 1.165) is 17.6 Å². The van der Waals surface area contributed by atoms with Gasteiger partial charge in [0.25, 0.3) is 5.91 Å². The molecule has 0 aliphatic carbocycles. The third-order valence-corrected chi connectivity index (χ3v) is 6.23. The van der Waals surface area contributed by atoms with E-state index in [1.54, 1.807) is 0 Å². The van der Waals surface area contributed by atoms with Crippen molar-refractivity contribution in [3.05, 3.63) is 100 Å². The van der Waals surface area contributed by atoms with Crippen LogP contribution < -0.4 is 4.74 Å². The molecule has 1 heterocycles. The first-order chi connectivity index (χ1) is 15.5. The molecule has 4 rings (SSSR count). The van der Waals surface area contributed by atoms with Crippen molar-refractivity contribution in [1.82, 2.24) is 9.80 Å². The monoisotopic (exact) mass is 492 g/mol. The van der Waals surface area contributed by atoms with Crippen LogP contribution in [0.15, 0.2) is 83.3 Å². The van der Waals surface area contributed by atoms with Gasteiger partial charge < -0.3 is 9.64 Å². The van der Waals surface area contributed by atoms with Crippen molar-refractivity contribution in [2.75, 3.05) is 26.2 Å². The number of rotatable bonds is 6. The standard InChI is InChI=1S/C27H29BrN2O2/c1-20(2)32-25-14-13-23(28)19-24(25)27(31)30-17-15-29(16-18-30)26(21-9-5-3-6-10-21)22-11-7-4-8-12-22/h3-14,19-20,26H,15-18H2,1-2H3. The molecule has 32 heavy (non-hydrogen) atoms. The summed E-state index contributed by atoms with van der Waals surface area (Å²) in [5.41, 5.74) is 3.17. The number of amides is 1. The normalized spacial score (nSPS) is 14.7. The Balaban J connectivity index is 1.52. The highest BCUT2D eigenvalue weighted by molar-refractivity contribution is 9.10. The van der Waals surface area contributed by atoms with Crippen molar-refractivity contribution in [2.45, 2.75) is 26.0 Å². The van der Waals surface area contributed by atoms with Crippen LogP contribution in [0, 0.1) is 0 Å². The second kappa shape index (κ2) is 10.3. The molecule has 1 aliphatic rings. The average molecular weight is 493 g/mol. The lowest BCUT2D eigenvalue weighted by Gasteiger charge is -2.40. The summed E-state index contributed by atoms with van der Waals surface area (Å²) >= 11 is 3.50. The molecule has 3 aromatic rings. The second-order valence-electron chi connectivity index (χ2n) is 8.36. The molecule has 1 saturated heterocycles. The highest BCUT2D eigenvalue weighted by Crippen LogP contribution is 2.31. The third-order valence-electron chi connectivity index (χ3n) is 5.73. The molecule has 0 N–H and O–H groups in total. The van der Waals surface area contributed by atoms with Crippen molar-refractivity contribution in [3.8, 4) is 5.75 Å². The molecule has 0 radical (unpaired) electrons. The summed E-state index contributed by atoms with van der Waals surface area (Å²) in [4.78, 5) is 17.8. The predicted octanol–water partition coefficient (Wildman–Crippen LogP) is 5.78. The third kappa shape index (κ3) is 5.22. The SMILES string of the molecule is CC(C)Oc1ccc(Br)cc1C(=O)N1CCN(C(c2ccccc2)c2ccccc2)CC1. The number of ether oxygens (including phenoxy) is 1. The molecule has 0 unspecified atom stereocenters. The number of benzene rings is 3. The van der Waals surface area contributed by atoms with Crippen molar-refractivity contribution in [1.29, 1.82) is 0 Å². The first-order valence-electron chi connectivity index (χ1n) is 11.1. The minimum atomic E-state index is 0.0112. The zero-order chi connectivity index (χ0) is 22.5. The minimum Gasteiger partial charge on any atom is -0.490 e. The van der Waals surface area contributed by atoms with Crippen LogP contribution in [0.1, 0.15) is 41.4 Å². The first kappa shape index (κ1) is 22.6. The van der Waals surface area contributed by atoms with E-state index in [4.69, 9.17) is 4.74 Å². The number of carbonyl (C=O) groups excluding carboxylic acids is 1. The van der Waals surface area contributed by atoms with Crippen LogP contribution in [0.5, 0.6) is 5.75 Å². The predicted molar refractivity (Wildman–Crippen MR) is 132 cm³/mol. The Morgan fingerprint density at radius 1 is 0.844 bits per heavy atom. The Labute approximate surface area is 198 Å². The van der Waals surface area contributed by atoms with Gasteiger partial charge in [-0.15, -0.1) is 0 Å². The molecule has 0 bridgehead atoms. The number of hydrogen-bond donors (Lipinski definition) is 0. The van der Waals surface area contributed by atoms with Gasteiger partial charge in [0.05, 0.1) is 17.7 Å². The van der Waals surface area contributed by atoms with Gasteiger partial charge in [-0.05, 0) is 43.2 Å². The Kier molecular flexibility index (Phi) is 7.28. The quantitative estimate of drug-likeness (QED) is 0.436. The number of carbonyl (C=O) groups is 1. The van der Waals surface area contributed by atoms with Crippen LogP contribution in [-0.2, 0) is 0 Å². The van der Waals surface area contributed by atoms with Gasteiger partial charge in [-0.25, -0.2) is 0 Å². The van der Waals surface area contributed by atoms with Crippen molar-refractivity contribution >= 4 is 21.8 Å². The van der Waals surface area contributed by atoms with Crippen LogP contribution in [-0.4, -0.2) is 48.0 Å². The lowest BCUT2D eigenvalue weighted by molar-refractivity contribution is 0.0592. The van der Waals surface area contributed by atoms with E-state index < -0.39 is 0 Å². The van der Waals surface area contributed by atoms with Gasteiger partial charge in [0, 0.05) is 30.7 Å². The topological polar surface area (TPSA) is 32.8 Å². The lowest BCUT2D eigenvalue weighted by Crippen LogP contribution is -2.50. The van der Waals surface area contributed by atoms with E-state index in [1.807, 2.05) is 36.9 Å². The second-order valence-corrected chi connectivity index (χ2v) is 9.27. The number of halogens is 1. The smallest absolute Gasteiger partial charge is 0.257 e. The Bertz CT molecular complexity index is 993. The van der Waals surface area contributed by atoms with Gasteiger partial charge in [-0.2, -0.15) is 0 Å². The maximum Gasteiger partial charge on any atom is 0.257 e. The van der Waals surface area contributed by atoms with Crippen molar-refractivity contribution < 1.29 is 9.53 Å². The highest BCUT2D eigenvalue weighted by Gasteiger charge is 2.29. The van der Waals surface area contributed by atoms with Crippen LogP contribution in [0.3, 0.4) is 0 Å². The zero-order valence-electron chi connectivity index (χ0n) is 18.6. The molecule has 5 heteroatoms. The summed E-state index contributed by atoms with van der Waals surface area (Å²) < 4.78 is 6.79. The van der Waals surface area contributed by atoms with Gasteiger partial charge in [0.15, 0.2) is 0 Å². The summed E-state index contributed by atoms with van der Waals surface area (Å²) in [6.45, 7) is 6.94. The molecule has 166 valence electrons. The van der Waals surface area contributed by atoms with E-state index in [0.29, 0.717) is 24.4 Å². The van der Waals surface area contributed by atoms with Crippen LogP contribution >= 0.6 is 15.9 Å². The molecular formula is C27H29BrN2O2. The first-order valence-corrected chi connectivity index (χ1v) is 11.9. The van der Waals surface area contributed by atoms with Gasteiger partial charge in [0.1, 0.15) is 5.75 Å². The summed E-state index contributed by atoms with van der Waals surface area (Å²) in [6, 6.07) is 27.0. The summed E-state index contributed by atoms with van der Waals surface area (Å²) in [5.74, 6) is 0.666. The summed E-state index contributed by atoms with van der Waals surface area (Å²) in [5, 5.41) is 0. The fourth-order valence-electron chi connectivity index (χ4n) is 4.26. The number of piperazine rings is 1. The van der Waals surface area contributed by atoms with E-state index in [2.05, 4.69) is 81.5 Å². The minimum absolute atomic E-state index is 0.0112.